The zero-order valence-electron chi connectivity index (χ0n) is 22.1. The number of benzene rings is 2. The van der Waals surface area contributed by atoms with Crippen molar-refractivity contribution in [1.29, 1.82) is 0 Å². The van der Waals surface area contributed by atoms with Crippen LogP contribution in [0.2, 0.25) is 0 Å². The van der Waals surface area contributed by atoms with Gasteiger partial charge in [-0.2, -0.15) is 0 Å². The minimum Gasteiger partial charge on any atom is -0.478 e. The van der Waals surface area contributed by atoms with Crippen molar-refractivity contribution in [2.75, 3.05) is 6.61 Å². The van der Waals surface area contributed by atoms with Crippen molar-refractivity contribution in [3.8, 4) is 17.1 Å². The van der Waals surface area contributed by atoms with Crippen molar-refractivity contribution >= 4 is 28.3 Å². The number of nitrogens with zero attached hydrogens (tertiary/aromatic N) is 4. The Labute approximate surface area is 244 Å². The van der Waals surface area contributed by atoms with E-state index >= 15 is 8.78 Å². The molecule has 1 aliphatic heterocycles. The zero-order chi connectivity index (χ0) is 30.2. The Hall–Kier alpha value is -4.43. The Morgan fingerprint density at radius 1 is 1.09 bits per heavy atom. The number of halogens is 5. The van der Waals surface area contributed by atoms with E-state index in [0.717, 1.165) is 36.9 Å². The first-order valence-electron chi connectivity index (χ1n) is 13.0. The molecule has 0 spiro atoms. The maximum absolute atomic E-state index is 15.4. The standard InChI is InChI=1S/C29H21F5N4O4S/c30-18-2-4-21(37-28(18)42-13-26-35-11-24(43-26)27(33)34)17-10-19(31)15(7-20(17)32)9-25-36-22-3-1-14(29(39)40)8-23(22)38(25)12-16-5-6-41-16/h1-4,7-8,10-11,16,27H,5-6,9,12-13H2,(H,39,40). The molecule has 5 aromatic rings. The number of hydrogen-bond donors (Lipinski definition) is 1. The van der Waals surface area contributed by atoms with Crippen LogP contribution >= 0.6 is 11.3 Å². The fraction of sp³-hybridized carbons (Fsp3) is 0.241. The van der Waals surface area contributed by atoms with Crippen molar-refractivity contribution in [2.24, 2.45) is 0 Å². The smallest absolute Gasteiger partial charge is 0.335 e. The van der Waals surface area contributed by atoms with Gasteiger partial charge in [0.25, 0.3) is 12.3 Å². The van der Waals surface area contributed by atoms with E-state index in [4.69, 9.17) is 9.47 Å². The number of pyridine rings is 1. The molecule has 14 heteroatoms. The molecule has 0 aliphatic carbocycles. The molecule has 2 aromatic carbocycles. The summed E-state index contributed by atoms with van der Waals surface area (Å²) in [4.78, 5) is 23.6. The van der Waals surface area contributed by atoms with Crippen LogP contribution in [0.4, 0.5) is 22.0 Å². The first kappa shape index (κ1) is 28.7. The van der Waals surface area contributed by atoms with Crippen molar-refractivity contribution < 1.29 is 41.3 Å². The van der Waals surface area contributed by atoms with E-state index in [0.29, 0.717) is 41.3 Å². The van der Waals surface area contributed by atoms with Crippen LogP contribution in [0.5, 0.6) is 5.88 Å². The minimum absolute atomic E-state index is 0.0111. The summed E-state index contributed by atoms with van der Waals surface area (Å²) >= 11 is 0.699. The molecule has 1 atom stereocenters. The molecule has 1 saturated heterocycles. The Bertz CT molecular complexity index is 1840. The number of rotatable bonds is 10. The molecular weight excluding hydrogens is 595 g/mol. The molecule has 222 valence electrons. The third kappa shape index (κ3) is 5.92. The lowest BCUT2D eigenvalue weighted by Crippen LogP contribution is -2.31. The summed E-state index contributed by atoms with van der Waals surface area (Å²) in [7, 11) is 0. The lowest BCUT2D eigenvalue weighted by atomic mass is 10.0. The van der Waals surface area contributed by atoms with E-state index in [2.05, 4.69) is 15.0 Å². The number of carboxylic acids is 1. The molecule has 1 aliphatic rings. The molecule has 3 aromatic heterocycles. The van der Waals surface area contributed by atoms with Gasteiger partial charge in [-0.3, -0.25) is 0 Å². The summed E-state index contributed by atoms with van der Waals surface area (Å²) in [5, 5.41) is 9.59. The number of fused-ring (bicyclic) bond motifs is 1. The molecule has 8 nitrogen and oxygen atoms in total. The van der Waals surface area contributed by atoms with Crippen LogP contribution in [0.1, 0.15) is 44.5 Å². The quantitative estimate of drug-likeness (QED) is 0.177. The molecule has 0 saturated carbocycles. The Morgan fingerprint density at radius 3 is 2.60 bits per heavy atom. The van der Waals surface area contributed by atoms with Crippen LogP contribution in [-0.4, -0.2) is 43.3 Å². The number of hydrogen-bond acceptors (Lipinski definition) is 7. The van der Waals surface area contributed by atoms with Gasteiger partial charge < -0.3 is 19.1 Å². The average molecular weight is 617 g/mol. The van der Waals surface area contributed by atoms with Gasteiger partial charge in [-0.25, -0.2) is 41.7 Å². The number of thiazole rings is 1. The summed E-state index contributed by atoms with van der Waals surface area (Å²) in [6.07, 6.45) is -1.13. The van der Waals surface area contributed by atoms with E-state index in [1.165, 1.54) is 12.1 Å². The van der Waals surface area contributed by atoms with Gasteiger partial charge in [-0.15, -0.1) is 11.3 Å². The van der Waals surface area contributed by atoms with Gasteiger partial charge >= 0.3 is 5.97 Å². The summed E-state index contributed by atoms with van der Waals surface area (Å²) in [5.41, 5.74) is 0.737. The number of ether oxygens (including phenoxy) is 2. The number of alkyl halides is 2. The van der Waals surface area contributed by atoms with Gasteiger partial charge in [0.15, 0.2) is 5.82 Å². The van der Waals surface area contributed by atoms with Crippen molar-refractivity contribution in [2.45, 2.75) is 38.5 Å². The first-order chi connectivity index (χ1) is 20.7. The van der Waals surface area contributed by atoms with Crippen LogP contribution in [0.25, 0.3) is 22.3 Å². The van der Waals surface area contributed by atoms with Crippen molar-refractivity contribution in [1.82, 2.24) is 19.5 Å². The lowest BCUT2D eigenvalue weighted by Gasteiger charge is -2.27. The highest BCUT2D eigenvalue weighted by atomic mass is 32.1. The van der Waals surface area contributed by atoms with Gasteiger partial charge in [0, 0.05) is 24.8 Å². The second kappa shape index (κ2) is 11.7. The van der Waals surface area contributed by atoms with E-state index in [1.807, 2.05) is 0 Å². The highest BCUT2D eigenvalue weighted by molar-refractivity contribution is 7.11. The van der Waals surface area contributed by atoms with Gasteiger partial charge in [-0.1, -0.05) is 0 Å². The predicted octanol–water partition coefficient (Wildman–Crippen LogP) is 6.57. The monoisotopic (exact) mass is 616 g/mol. The third-order valence-corrected chi connectivity index (χ3v) is 7.93. The van der Waals surface area contributed by atoms with E-state index in [9.17, 15) is 23.1 Å². The van der Waals surface area contributed by atoms with Gasteiger partial charge in [0.05, 0.1) is 39.8 Å². The second-order valence-electron chi connectivity index (χ2n) is 9.76. The van der Waals surface area contributed by atoms with E-state index in [1.54, 1.807) is 10.6 Å². The molecule has 0 radical (unpaired) electrons. The highest BCUT2D eigenvalue weighted by Crippen LogP contribution is 2.31. The van der Waals surface area contributed by atoms with Gasteiger partial charge in [-0.05, 0) is 54.4 Å². The lowest BCUT2D eigenvalue weighted by molar-refractivity contribution is -0.0589. The minimum atomic E-state index is -2.70. The molecule has 43 heavy (non-hydrogen) atoms. The molecule has 1 fully saturated rings. The van der Waals surface area contributed by atoms with Crippen LogP contribution in [0.15, 0.2) is 48.7 Å². The normalized spacial score (nSPS) is 14.8. The number of carboxylic acid groups (broad SMARTS) is 1. The molecule has 4 heterocycles. The van der Waals surface area contributed by atoms with Crippen LogP contribution in [0.3, 0.4) is 0 Å². The number of imidazole rings is 1. The van der Waals surface area contributed by atoms with E-state index < -0.39 is 35.7 Å². The average Bonchev–Trinajstić information content (AvgIpc) is 3.56. The van der Waals surface area contributed by atoms with Crippen LogP contribution in [0, 0.1) is 17.5 Å². The van der Waals surface area contributed by atoms with Gasteiger partial charge in [0.1, 0.15) is 29.1 Å². The molecule has 1 unspecified atom stereocenters. The van der Waals surface area contributed by atoms with Crippen LogP contribution < -0.4 is 4.74 Å². The van der Waals surface area contributed by atoms with Gasteiger partial charge in [0.2, 0.25) is 0 Å². The maximum atomic E-state index is 15.4. The molecule has 0 bridgehead atoms. The highest BCUT2D eigenvalue weighted by Gasteiger charge is 2.24. The maximum Gasteiger partial charge on any atom is 0.335 e. The Kier molecular flexibility index (Phi) is 7.79. The number of carbonyl (C=O) groups is 1. The second-order valence-corrected chi connectivity index (χ2v) is 10.9. The topological polar surface area (TPSA) is 99.4 Å². The fourth-order valence-corrected chi connectivity index (χ4v) is 5.35. The number of aromatic carboxylic acids is 1. The number of aromatic nitrogens is 4. The third-order valence-electron chi connectivity index (χ3n) is 6.95. The largest absolute Gasteiger partial charge is 0.478 e. The summed E-state index contributed by atoms with van der Waals surface area (Å²) in [6.45, 7) is 0.619. The Morgan fingerprint density at radius 2 is 1.91 bits per heavy atom. The summed E-state index contributed by atoms with van der Waals surface area (Å²) in [5.74, 6) is -3.72. The summed E-state index contributed by atoms with van der Waals surface area (Å²) < 4.78 is 83.4. The Balaban J connectivity index is 1.27. The van der Waals surface area contributed by atoms with Crippen molar-refractivity contribution in [3.63, 3.8) is 0 Å². The van der Waals surface area contributed by atoms with E-state index in [-0.39, 0.29) is 51.4 Å². The van der Waals surface area contributed by atoms with Crippen molar-refractivity contribution in [3.05, 3.63) is 92.9 Å². The molecule has 1 N–H and O–H groups in total. The molecular formula is C29H21F5N4O4S. The summed E-state index contributed by atoms with van der Waals surface area (Å²) in [6, 6.07) is 8.55. The first-order valence-corrected chi connectivity index (χ1v) is 13.8. The van der Waals surface area contributed by atoms with Crippen LogP contribution in [-0.2, 0) is 24.3 Å². The molecule has 6 rings (SSSR count). The zero-order valence-corrected chi connectivity index (χ0v) is 22.9. The fourth-order valence-electron chi connectivity index (χ4n) is 4.66. The predicted molar refractivity (Wildman–Crippen MR) is 145 cm³/mol. The SMILES string of the molecule is O=C(O)c1ccc2nc(Cc3cc(F)c(-c4ccc(F)c(OCc5ncc(C(F)F)s5)n4)cc3F)n(CC3CCO3)c2c1. The molecule has 0 amide bonds.